The lowest BCUT2D eigenvalue weighted by Gasteiger charge is -2.25. The first-order valence-electron chi connectivity index (χ1n) is 7.05. The molecule has 6 heteroatoms. The number of ether oxygens (including phenoxy) is 1. The van der Waals surface area contributed by atoms with Crippen LogP contribution in [0.1, 0.15) is 41.0 Å². The lowest BCUT2D eigenvalue weighted by atomic mass is 9.94. The number of carbonyl (C=O) groups is 2. The normalized spacial score (nSPS) is 16.5. The van der Waals surface area contributed by atoms with Crippen LogP contribution in [0, 0.1) is 5.92 Å². The number of carboxylic acid groups (broad SMARTS) is 1. The summed E-state index contributed by atoms with van der Waals surface area (Å²) in [5.74, 6) is -1.99. The largest absolute Gasteiger partial charge is 0.480 e. The number of hydrogen-bond donors (Lipinski definition) is 3. The number of hydrogen-bond acceptors (Lipinski definition) is 5. The Labute approximate surface area is 126 Å². The second-order valence-electron chi connectivity index (χ2n) is 6.06. The van der Waals surface area contributed by atoms with E-state index in [9.17, 15) is 19.8 Å². The van der Waals surface area contributed by atoms with E-state index in [1.54, 1.807) is 27.7 Å². The third kappa shape index (κ3) is 8.47. The van der Waals surface area contributed by atoms with Gasteiger partial charge in [0.05, 0.1) is 12.6 Å². The van der Waals surface area contributed by atoms with Gasteiger partial charge in [0.2, 0.25) is 0 Å². The monoisotopic (exact) mass is 301 g/mol. The number of aliphatic hydroxyl groups is 1. The molecule has 122 valence electrons. The number of esters is 1. The quantitative estimate of drug-likeness (QED) is 0.462. The third-order valence-corrected chi connectivity index (χ3v) is 2.82. The summed E-state index contributed by atoms with van der Waals surface area (Å²) in [5, 5.41) is 21.8. The maximum absolute atomic E-state index is 11.6. The molecule has 0 aliphatic rings. The van der Waals surface area contributed by atoms with E-state index in [4.69, 9.17) is 4.74 Å². The van der Waals surface area contributed by atoms with Crippen LogP contribution in [0.15, 0.2) is 12.2 Å². The van der Waals surface area contributed by atoms with Gasteiger partial charge in [-0.3, -0.25) is 14.9 Å². The Hall–Kier alpha value is -1.40. The first kappa shape index (κ1) is 19.6. The molecule has 0 bridgehead atoms. The van der Waals surface area contributed by atoms with Crippen molar-refractivity contribution in [2.45, 2.75) is 58.8 Å². The Morgan fingerprint density at radius 3 is 2.33 bits per heavy atom. The van der Waals surface area contributed by atoms with Crippen LogP contribution in [0.4, 0.5) is 0 Å². The van der Waals surface area contributed by atoms with Gasteiger partial charge >= 0.3 is 11.9 Å². The number of rotatable bonds is 8. The summed E-state index contributed by atoms with van der Waals surface area (Å²) in [4.78, 5) is 22.8. The van der Waals surface area contributed by atoms with E-state index in [-0.39, 0.29) is 12.5 Å². The predicted octanol–water partition coefficient (Wildman–Crippen LogP) is 1.33. The van der Waals surface area contributed by atoms with E-state index < -0.39 is 29.7 Å². The van der Waals surface area contributed by atoms with Gasteiger partial charge < -0.3 is 14.9 Å². The lowest BCUT2D eigenvalue weighted by Crippen LogP contribution is -2.50. The van der Waals surface area contributed by atoms with Crippen LogP contribution < -0.4 is 5.32 Å². The van der Waals surface area contributed by atoms with Crippen LogP contribution in [0.3, 0.4) is 0 Å². The fraction of sp³-hybridized carbons (Fsp3) is 0.733. The first-order chi connectivity index (χ1) is 9.58. The van der Waals surface area contributed by atoms with Crippen molar-refractivity contribution in [2.75, 3.05) is 6.54 Å². The molecule has 0 radical (unpaired) electrons. The van der Waals surface area contributed by atoms with E-state index in [1.165, 1.54) is 0 Å². The van der Waals surface area contributed by atoms with E-state index in [0.717, 1.165) is 0 Å². The van der Waals surface area contributed by atoms with Gasteiger partial charge in [-0.25, -0.2) is 0 Å². The molecule has 0 rings (SSSR count). The number of allylic oxidation sites excluding steroid dienone is 2. The van der Waals surface area contributed by atoms with Crippen molar-refractivity contribution in [1.29, 1.82) is 0 Å². The van der Waals surface area contributed by atoms with Crippen LogP contribution in [0.5, 0.6) is 0 Å². The molecule has 0 unspecified atom stereocenters. The zero-order valence-electron chi connectivity index (χ0n) is 13.4. The molecule has 0 fully saturated rings. The van der Waals surface area contributed by atoms with Gasteiger partial charge in [-0.15, -0.1) is 0 Å². The Balaban J connectivity index is 4.56. The van der Waals surface area contributed by atoms with Crippen LogP contribution in [0.2, 0.25) is 0 Å². The van der Waals surface area contributed by atoms with Gasteiger partial charge in [0, 0.05) is 0 Å². The molecular formula is C15H27NO5. The Bertz CT molecular complexity index is 373. The summed E-state index contributed by atoms with van der Waals surface area (Å²) < 4.78 is 5.09. The molecular weight excluding hydrogens is 274 g/mol. The molecule has 0 aromatic heterocycles. The average Bonchev–Trinajstić information content (AvgIpc) is 2.33. The lowest BCUT2D eigenvalue weighted by molar-refractivity contribution is -0.154. The van der Waals surface area contributed by atoms with Gasteiger partial charge in [-0.05, 0) is 40.0 Å². The molecule has 0 saturated heterocycles. The summed E-state index contributed by atoms with van der Waals surface area (Å²) in [5.41, 5.74) is -0.630. The highest BCUT2D eigenvalue weighted by Gasteiger charge is 2.30. The van der Waals surface area contributed by atoms with Gasteiger partial charge in [0.25, 0.3) is 0 Å². The summed E-state index contributed by atoms with van der Waals surface area (Å²) in [7, 11) is 0. The SMILES string of the molecule is C/C=C/C[C@H](C)[C@H](O)[C@@H](NCC(=O)OC(C)(C)C)C(=O)O. The molecule has 6 nitrogen and oxygen atoms in total. The summed E-state index contributed by atoms with van der Waals surface area (Å²) in [6.07, 6.45) is 3.17. The number of aliphatic hydroxyl groups excluding tert-OH is 1. The van der Waals surface area contributed by atoms with Crippen molar-refractivity contribution in [2.24, 2.45) is 5.92 Å². The van der Waals surface area contributed by atoms with Crippen LogP contribution in [-0.4, -0.2) is 46.4 Å². The van der Waals surface area contributed by atoms with Gasteiger partial charge in [-0.1, -0.05) is 19.1 Å². The van der Waals surface area contributed by atoms with Gasteiger partial charge in [0.15, 0.2) is 0 Å². The Morgan fingerprint density at radius 2 is 1.90 bits per heavy atom. The fourth-order valence-corrected chi connectivity index (χ4v) is 1.74. The highest BCUT2D eigenvalue weighted by atomic mass is 16.6. The van der Waals surface area contributed by atoms with Crippen molar-refractivity contribution in [1.82, 2.24) is 5.32 Å². The highest BCUT2D eigenvalue weighted by molar-refractivity contribution is 5.77. The van der Waals surface area contributed by atoms with Crippen LogP contribution >= 0.6 is 0 Å². The molecule has 0 aromatic rings. The molecule has 0 heterocycles. The number of carbonyl (C=O) groups excluding carboxylic acids is 1. The minimum atomic E-state index is -1.21. The van der Waals surface area contributed by atoms with E-state index in [0.29, 0.717) is 6.42 Å². The second-order valence-corrected chi connectivity index (χ2v) is 6.06. The van der Waals surface area contributed by atoms with Crippen LogP contribution in [-0.2, 0) is 14.3 Å². The molecule has 0 amide bonds. The number of nitrogens with one attached hydrogen (secondary N) is 1. The maximum Gasteiger partial charge on any atom is 0.323 e. The fourth-order valence-electron chi connectivity index (χ4n) is 1.74. The predicted molar refractivity (Wildman–Crippen MR) is 79.9 cm³/mol. The molecule has 21 heavy (non-hydrogen) atoms. The van der Waals surface area contributed by atoms with Crippen molar-refractivity contribution in [3.8, 4) is 0 Å². The molecule has 3 atom stereocenters. The van der Waals surface area contributed by atoms with Crippen molar-refractivity contribution in [3.63, 3.8) is 0 Å². The topological polar surface area (TPSA) is 95.9 Å². The zero-order chi connectivity index (χ0) is 16.6. The molecule has 0 spiro atoms. The van der Waals surface area contributed by atoms with Crippen LogP contribution in [0.25, 0.3) is 0 Å². The van der Waals surface area contributed by atoms with Gasteiger partial charge in [0.1, 0.15) is 11.6 Å². The van der Waals surface area contributed by atoms with Gasteiger partial charge in [-0.2, -0.15) is 0 Å². The molecule has 0 saturated carbocycles. The average molecular weight is 301 g/mol. The standard InChI is InChI=1S/C15H27NO5/c1-6-7-8-10(2)13(18)12(14(19)20)16-9-11(17)21-15(3,4)5/h6-7,10,12-13,16,18H,8-9H2,1-5H3,(H,19,20)/b7-6+/t10-,12+,13-/m0/s1. The number of carboxylic acids is 1. The maximum atomic E-state index is 11.6. The van der Waals surface area contributed by atoms with Crippen molar-refractivity contribution in [3.05, 3.63) is 12.2 Å². The smallest absolute Gasteiger partial charge is 0.323 e. The molecule has 0 aromatic carbocycles. The summed E-state index contributed by atoms with van der Waals surface area (Å²) >= 11 is 0. The van der Waals surface area contributed by atoms with E-state index >= 15 is 0 Å². The molecule has 3 N–H and O–H groups in total. The third-order valence-electron chi connectivity index (χ3n) is 2.82. The van der Waals surface area contributed by atoms with Crippen molar-refractivity contribution < 1.29 is 24.5 Å². The van der Waals surface area contributed by atoms with E-state index in [2.05, 4.69) is 5.32 Å². The first-order valence-corrected chi connectivity index (χ1v) is 7.05. The summed E-state index contributed by atoms with van der Waals surface area (Å²) in [6, 6.07) is -1.21. The number of aliphatic carboxylic acids is 1. The zero-order valence-corrected chi connectivity index (χ0v) is 13.4. The molecule has 0 aliphatic carbocycles. The minimum absolute atomic E-state index is 0.242. The highest BCUT2D eigenvalue weighted by Crippen LogP contribution is 2.13. The summed E-state index contributed by atoms with van der Waals surface area (Å²) in [6.45, 7) is 8.54. The Morgan fingerprint density at radius 1 is 1.33 bits per heavy atom. The minimum Gasteiger partial charge on any atom is -0.480 e. The second kappa shape index (κ2) is 8.79. The van der Waals surface area contributed by atoms with Crippen molar-refractivity contribution >= 4 is 11.9 Å². The van der Waals surface area contributed by atoms with E-state index in [1.807, 2.05) is 19.1 Å². The molecule has 0 aliphatic heterocycles. The Kier molecular flexibility index (Phi) is 8.21.